The molecule has 106 valence electrons. The highest BCUT2D eigenvalue weighted by molar-refractivity contribution is 5.73. The molecule has 0 radical (unpaired) electrons. The van der Waals surface area contributed by atoms with Gasteiger partial charge in [0.15, 0.2) is 0 Å². The van der Waals surface area contributed by atoms with Crippen LogP contribution in [0.4, 0.5) is 0 Å². The molecule has 2 aromatic rings. The third-order valence-corrected chi connectivity index (χ3v) is 4.08. The lowest BCUT2D eigenvalue weighted by molar-refractivity contribution is 0.0606. The van der Waals surface area contributed by atoms with Gasteiger partial charge in [0.05, 0.1) is 29.0 Å². The number of benzene rings is 1. The van der Waals surface area contributed by atoms with Crippen LogP contribution in [-0.2, 0) is 4.74 Å². The molecule has 1 aliphatic rings. The van der Waals surface area contributed by atoms with E-state index in [1.54, 1.807) is 0 Å². The molecule has 1 N–H and O–H groups in total. The van der Waals surface area contributed by atoms with E-state index in [1.807, 2.05) is 37.5 Å². The molecule has 4 nitrogen and oxygen atoms in total. The Morgan fingerprint density at radius 3 is 2.75 bits per heavy atom. The third kappa shape index (κ3) is 2.97. The lowest BCUT2D eigenvalue weighted by Gasteiger charge is -2.26. The van der Waals surface area contributed by atoms with E-state index in [2.05, 4.69) is 10.3 Å². The summed E-state index contributed by atoms with van der Waals surface area (Å²) < 4.78 is 5.43. The number of fused-ring (bicyclic) bond motifs is 1. The summed E-state index contributed by atoms with van der Waals surface area (Å²) in [5.74, 6) is 0.717. The van der Waals surface area contributed by atoms with Crippen LogP contribution in [0.15, 0.2) is 30.5 Å². The molecule has 1 aromatic carbocycles. The maximum absolute atomic E-state index is 5.43. The second-order valence-electron chi connectivity index (χ2n) is 5.42. The van der Waals surface area contributed by atoms with Crippen molar-refractivity contribution in [3.63, 3.8) is 0 Å². The molecule has 1 saturated heterocycles. The van der Waals surface area contributed by atoms with Gasteiger partial charge >= 0.3 is 0 Å². The van der Waals surface area contributed by atoms with Crippen molar-refractivity contribution in [2.45, 2.75) is 25.3 Å². The van der Waals surface area contributed by atoms with E-state index < -0.39 is 0 Å². The quantitative estimate of drug-likeness (QED) is 0.928. The number of aromatic nitrogens is 2. The molecule has 0 aliphatic carbocycles. The Labute approximate surface area is 119 Å². The van der Waals surface area contributed by atoms with Crippen LogP contribution in [0.5, 0.6) is 0 Å². The molecular weight excluding hydrogens is 250 g/mol. The number of ether oxygens (including phenoxy) is 1. The van der Waals surface area contributed by atoms with Crippen LogP contribution in [0, 0.1) is 5.92 Å². The molecule has 0 spiro atoms. The van der Waals surface area contributed by atoms with E-state index in [0.717, 1.165) is 55.1 Å². The zero-order valence-corrected chi connectivity index (χ0v) is 11.9. The lowest BCUT2D eigenvalue weighted by Crippen LogP contribution is -2.24. The van der Waals surface area contributed by atoms with Gasteiger partial charge in [-0.25, -0.2) is 4.98 Å². The van der Waals surface area contributed by atoms with E-state index in [0.29, 0.717) is 0 Å². The fourth-order valence-electron chi connectivity index (χ4n) is 2.84. The van der Waals surface area contributed by atoms with Gasteiger partial charge in [-0.3, -0.25) is 4.98 Å². The predicted octanol–water partition coefficient (Wildman–Crippen LogP) is 2.71. The Morgan fingerprint density at radius 1 is 1.25 bits per heavy atom. The third-order valence-electron chi connectivity index (χ3n) is 4.08. The first-order valence-electron chi connectivity index (χ1n) is 7.33. The summed E-state index contributed by atoms with van der Waals surface area (Å²) >= 11 is 0. The van der Waals surface area contributed by atoms with Crippen molar-refractivity contribution >= 4 is 11.0 Å². The molecule has 20 heavy (non-hydrogen) atoms. The fourth-order valence-corrected chi connectivity index (χ4v) is 2.84. The van der Waals surface area contributed by atoms with Gasteiger partial charge in [0.25, 0.3) is 0 Å². The van der Waals surface area contributed by atoms with Crippen molar-refractivity contribution in [3.8, 4) is 0 Å². The van der Waals surface area contributed by atoms with Gasteiger partial charge in [-0.15, -0.1) is 0 Å². The van der Waals surface area contributed by atoms with Crippen molar-refractivity contribution in [2.24, 2.45) is 5.92 Å². The molecule has 1 atom stereocenters. The largest absolute Gasteiger partial charge is 0.381 e. The van der Waals surface area contributed by atoms with Crippen LogP contribution in [0.25, 0.3) is 11.0 Å². The molecule has 1 unspecified atom stereocenters. The fraction of sp³-hybridized carbons (Fsp3) is 0.500. The van der Waals surface area contributed by atoms with Gasteiger partial charge in [-0.1, -0.05) is 12.1 Å². The monoisotopic (exact) mass is 271 g/mol. The normalized spacial score (nSPS) is 18.2. The number of para-hydroxylation sites is 2. The van der Waals surface area contributed by atoms with Crippen molar-refractivity contribution in [1.82, 2.24) is 15.3 Å². The van der Waals surface area contributed by atoms with Crippen LogP contribution >= 0.6 is 0 Å². The van der Waals surface area contributed by atoms with E-state index in [-0.39, 0.29) is 6.04 Å². The van der Waals surface area contributed by atoms with Crippen LogP contribution < -0.4 is 5.32 Å². The Hall–Kier alpha value is -1.52. The van der Waals surface area contributed by atoms with Crippen molar-refractivity contribution in [3.05, 3.63) is 36.2 Å². The van der Waals surface area contributed by atoms with Gasteiger partial charge in [0.2, 0.25) is 0 Å². The first kappa shape index (κ1) is 13.5. The van der Waals surface area contributed by atoms with Crippen LogP contribution in [-0.4, -0.2) is 30.2 Å². The SMILES string of the molecule is CNC(CC1CCOCC1)c1cnc2ccccc2n1. The molecule has 2 heterocycles. The Bertz CT molecular complexity index is 566. The topological polar surface area (TPSA) is 47.0 Å². The number of hydrogen-bond acceptors (Lipinski definition) is 4. The number of rotatable bonds is 4. The summed E-state index contributed by atoms with van der Waals surface area (Å²) in [5, 5.41) is 3.39. The van der Waals surface area contributed by atoms with Gasteiger partial charge in [0.1, 0.15) is 0 Å². The highest BCUT2D eigenvalue weighted by Crippen LogP contribution is 2.26. The Balaban J connectivity index is 1.79. The first-order chi connectivity index (χ1) is 9.86. The van der Waals surface area contributed by atoms with Crippen LogP contribution in [0.3, 0.4) is 0 Å². The van der Waals surface area contributed by atoms with E-state index in [9.17, 15) is 0 Å². The summed E-state index contributed by atoms with van der Waals surface area (Å²) in [6.45, 7) is 1.79. The first-order valence-corrected chi connectivity index (χ1v) is 7.33. The summed E-state index contributed by atoms with van der Waals surface area (Å²) in [7, 11) is 2.00. The minimum atomic E-state index is 0.273. The summed E-state index contributed by atoms with van der Waals surface area (Å²) in [4.78, 5) is 9.27. The molecule has 1 fully saturated rings. The number of nitrogens with one attached hydrogen (secondary N) is 1. The molecule has 1 aliphatic heterocycles. The smallest absolute Gasteiger partial charge is 0.0890 e. The molecule has 4 heteroatoms. The molecular formula is C16H21N3O. The zero-order chi connectivity index (χ0) is 13.8. The van der Waals surface area contributed by atoms with Gasteiger partial charge in [-0.2, -0.15) is 0 Å². The highest BCUT2D eigenvalue weighted by atomic mass is 16.5. The highest BCUT2D eigenvalue weighted by Gasteiger charge is 2.20. The second-order valence-corrected chi connectivity index (χ2v) is 5.42. The average Bonchev–Trinajstić information content (AvgIpc) is 2.53. The van der Waals surface area contributed by atoms with Crippen LogP contribution in [0.2, 0.25) is 0 Å². The summed E-state index contributed by atoms with van der Waals surface area (Å²) in [6.07, 6.45) is 5.31. The van der Waals surface area contributed by atoms with Crippen molar-refractivity contribution in [2.75, 3.05) is 20.3 Å². The predicted molar refractivity (Wildman–Crippen MR) is 79.5 cm³/mol. The van der Waals surface area contributed by atoms with Crippen molar-refractivity contribution < 1.29 is 4.74 Å². The molecule has 0 amide bonds. The molecule has 0 bridgehead atoms. The van der Waals surface area contributed by atoms with E-state index in [1.165, 1.54) is 0 Å². The van der Waals surface area contributed by atoms with Crippen molar-refractivity contribution in [1.29, 1.82) is 0 Å². The molecule has 0 saturated carbocycles. The van der Waals surface area contributed by atoms with Crippen LogP contribution in [0.1, 0.15) is 31.0 Å². The second kappa shape index (κ2) is 6.29. The zero-order valence-electron chi connectivity index (χ0n) is 11.9. The summed E-state index contributed by atoms with van der Waals surface area (Å²) in [5.41, 5.74) is 2.96. The summed E-state index contributed by atoms with van der Waals surface area (Å²) in [6, 6.07) is 8.30. The Kier molecular flexibility index (Phi) is 4.23. The average molecular weight is 271 g/mol. The lowest BCUT2D eigenvalue weighted by atomic mass is 9.91. The maximum atomic E-state index is 5.43. The number of hydrogen-bond donors (Lipinski definition) is 1. The minimum absolute atomic E-state index is 0.273. The van der Waals surface area contributed by atoms with E-state index >= 15 is 0 Å². The number of nitrogens with zero attached hydrogens (tertiary/aromatic N) is 2. The molecule has 3 rings (SSSR count). The standard InChI is InChI=1S/C16H21N3O/c1-17-15(10-12-6-8-20-9-7-12)16-11-18-13-4-2-3-5-14(13)19-16/h2-5,11-12,15,17H,6-10H2,1H3. The Morgan fingerprint density at radius 2 is 2.00 bits per heavy atom. The van der Waals surface area contributed by atoms with E-state index in [4.69, 9.17) is 9.72 Å². The van der Waals surface area contributed by atoms with Gasteiger partial charge in [0, 0.05) is 13.2 Å². The minimum Gasteiger partial charge on any atom is -0.381 e. The maximum Gasteiger partial charge on any atom is 0.0890 e. The van der Waals surface area contributed by atoms with Gasteiger partial charge < -0.3 is 10.1 Å². The van der Waals surface area contributed by atoms with Gasteiger partial charge in [-0.05, 0) is 44.4 Å². The molecule has 1 aromatic heterocycles.